The Kier molecular flexibility index (Phi) is 23.5. The van der Waals surface area contributed by atoms with Crippen molar-refractivity contribution in [3.05, 3.63) is 0 Å². The third-order valence-corrected chi connectivity index (χ3v) is 1.13. The molecule has 4 amide bonds. The molecule has 0 rings (SSSR count). The van der Waals surface area contributed by atoms with Crippen LogP contribution in [0.2, 0.25) is 0 Å². The molecule has 0 saturated heterocycles. The largest absolute Gasteiger partial charge is 0.341 e. The zero-order valence-electron chi connectivity index (χ0n) is 11.2. The van der Waals surface area contributed by atoms with Crippen molar-refractivity contribution in [3.8, 4) is 0 Å². The van der Waals surface area contributed by atoms with Crippen molar-refractivity contribution in [2.75, 3.05) is 34.9 Å². The van der Waals surface area contributed by atoms with Crippen molar-refractivity contribution in [1.82, 2.24) is 21.3 Å². The van der Waals surface area contributed by atoms with Crippen LogP contribution in [-0.4, -0.2) is 59.1 Å². The Balaban J connectivity index is -0.000000264. The lowest BCUT2D eigenvalue weighted by atomic mass is 10.8. The fraction of sp³-hybridized carbons (Fsp3) is 0.556. The minimum Gasteiger partial charge on any atom is -0.341 e. The number of nitrogens with one attached hydrogen (secondary N) is 4. The summed E-state index contributed by atoms with van der Waals surface area (Å²) in [6.07, 6.45) is 2.61. The first kappa shape index (κ1) is 21.6. The Morgan fingerprint density at radius 2 is 1.16 bits per heavy atom. The predicted molar refractivity (Wildman–Crippen MR) is 68.1 cm³/mol. The normalized spacial score (nSPS) is 6.53. The number of hydrogen-bond donors (Lipinski definition) is 4. The first-order valence-corrected chi connectivity index (χ1v) is 4.87. The van der Waals surface area contributed by atoms with Gasteiger partial charge in [0, 0.05) is 28.2 Å². The molecule has 10 nitrogen and oxygen atoms in total. The Morgan fingerprint density at radius 1 is 0.895 bits per heavy atom. The van der Waals surface area contributed by atoms with E-state index in [2.05, 4.69) is 31.3 Å². The topological polar surface area (TPSA) is 141 Å². The van der Waals surface area contributed by atoms with Crippen LogP contribution in [0.15, 0.2) is 9.98 Å². The van der Waals surface area contributed by atoms with Crippen molar-refractivity contribution in [1.29, 1.82) is 0 Å². The van der Waals surface area contributed by atoms with E-state index in [1.54, 1.807) is 0 Å². The van der Waals surface area contributed by atoms with Crippen molar-refractivity contribution < 1.29 is 19.2 Å². The van der Waals surface area contributed by atoms with E-state index in [1.165, 1.54) is 40.4 Å². The van der Waals surface area contributed by atoms with Gasteiger partial charge >= 0.3 is 12.1 Å². The highest BCUT2D eigenvalue weighted by atomic mass is 16.2. The number of carbonyl (C=O) groups excluding carboxylic acids is 4. The molecule has 0 aliphatic carbocycles. The van der Waals surface area contributed by atoms with Crippen molar-refractivity contribution >= 4 is 24.2 Å². The molecule has 0 radical (unpaired) electrons. The molecule has 0 aromatic rings. The van der Waals surface area contributed by atoms with Crippen LogP contribution < -0.4 is 21.3 Å². The summed E-state index contributed by atoms with van der Waals surface area (Å²) in [6, 6.07) is -0.664. The second-order valence-corrected chi connectivity index (χ2v) is 2.32. The number of carbonyl (C=O) groups is 2. The Morgan fingerprint density at radius 3 is 1.32 bits per heavy atom. The van der Waals surface area contributed by atoms with Crippen LogP contribution in [0.1, 0.15) is 0 Å². The van der Waals surface area contributed by atoms with E-state index in [4.69, 9.17) is 9.59 Å². The first-order chi connectivity index (χ1) is 9.03. The zero-order chi connectivity index (χ0) is 15.5. The maximum Gasteiger partial charge on any atom is 0.315 e. The van der Waals surface area contributed by atoms with Gasteiger partial charge in [-0.25, -0.2) is 29.2 Å². The van der Waals surface area contributed by atoms with E-state index < -0.39 is 0 Å². The van der Waals surface area contributed by atoms with Gasteiger partial charge in [0.15, 0.2) is 0 Å². The van der Waals surface area contributed by atoms with Crippen molar-refractivity contribution in [2.24, 2.45) is 9.98 Å². The summed E-state index contributed by atoms with van der Waals surface area (Å²) in [5.41, 5.74) is 0. The zero-order valence-corrected chi connectivity index (χ0v) is 11.2. The number of nitrogens with zero attached hydrogens (tertiary/aromatic N) is 2. The van der Waals surface area contributed by atoms with Gasteiger partial charge in [0.05, 0.1) is 6.67 Å². The van der Waals surface area contributed by atoms with Gasteiger partial charge in [0.1, 0.15) is 0 Å². The first-order valence-electron chi connectivity index (χ1n) is 4.87. The Labute approximate surface area is 110 Å². The van der Waals surface area contributed by atoms with E-state index in [1.807, 2.05) is 0 Å². The average Bonchev–Trinajstić information content (AvgIpc) is 2.47. The molecule has 0 bridgehead atoms. The smallest absolute Gasteiger partial charge is 0.315 e. The van der Waals surface area contributed by atoms with Crippen LogP contribution in [0.25, 0.3) is 0 Å². The lowest BCUT2D eigenvalue weighted by Crippen LogP contribution is -2.43. The summed E-state index contributed by atoms with van der Waals surface area (Å²) in [7, 11) is 5.75. The molecule has 0 aromatic carbocycles. The molecule has 108 valence electrons. The maximum atomic E-state index is 10.5. The highest BCUT2D eigenvalue weighted by Crippen LogP contribution is 1.60. The molecule has 0 aliphatic heterocycles. The maximum absolute atomic E-state index is 10.5. The van der Waals surface area contributed by atoms with E-state index in [0.29, 0.717) is 0 Å². The number of aliphatic imine (C=N–C) groups is 2. The van der Waals surface area contributed by atoms with Gasteiger partial charge in [-0.15, -0.1) is 0 Å². The minimum absolute atomic E-state index is 0.110. The Hall–Kier alpha value is -2.70. The highest BCUT2D eigenvalue weighted by molar-refractivity contribution is 5.76. The third kappa shape index (κ3) is 31.3. The number of urea groups is 2. The summed E-state index contributed by atoms with van der Waals surface area (Å²) in [6.45, 7) is 0.110. The van der Waals surface area contributed by atoms with Gasteiger partial charge in [-0.2, -0.15) is 0 Å². The molecule has 0 atom stereocenters. The summed E-state index contributed by atoms with van der Waals surface area (Å²) in [5, 5.41) is 9.42. The van der Waals surface area contributed by atoms with Gasteiger partial charge in [0.25, 0.3) is 0 Å². The van der Waals surface area contributed by atoms with Gasteiger partial charge < -0.3 is 21.3 Å². The second kappa shape index (κ2) is 20.7. The van der Waals surface area contributed by atoms with E-state index in [9.17, 15) is 9.59 Å². The second-order valence-electron chi connectivity index (χ2n) is 2.32. The lowest BCUT2D eigenvalue weighted by molar-refractivity contribution is 0.236. The fourth-order valence-electron chi connectivity index (χ4n) is 0.382. The highest BCUT2D eigenvalue weighted by Gasteiger charge is 1.95. The molecular weight excluding hydrogens is 256 g/mol. The van der Waals surface area contributed by atoms with Crippen molar-refractivity contribution in [2.45, 2.75) is 0 Å². The monoisotopic (exact) mass is 274 g/mol. The number of rotatable bonds is 2. The summed E-state index contributed by atoms with van der Waals surface area (Å²) in [5.74, 6) is 0. The molecule has 0 unspecified atom stereocenters. The van der Waals surface area contributed by atoms with Gasteiger partial charge in [-0.1, -0.05) is 0 Å². The van der Waals surface area contributed by atoms with Crippen LogP contribution >= 0.6 is 0 Å². The summed E-state index contributed by atoms with van der Waals surface area (Å²) >= 11 is 0. The Bertz CT molecular complexity index is 302. The molecule has 0 fully saturated rings. The molecule has 19 heavy (non-hydrogen) atoms. The fourth-order valence-corrected chi connectivity index (χ4v) is 0.382. The molecule has 10 heteroatoms. The molecule has 0 aromatic heterocycles. The van der Waals surface area contributed by atoms with Crippen LogP contribution in [0.3, 0.4) is 0 Å². The third-order valence-electron chi connectivity index (χ3n) is 1.13. The van der Waals surface area contributed by atoms with E-state index >= 15 is 0 Å². The number of hydrogen-bond acceptors (Lipinski definition) is 6. The average molecular weight is 274 g/mol. The number of amides is 4. The van der Waals surface area contributed by atoms with Gasteiger partial charge in [0.2, 0.25) is 12.2 Å². The minimum atomic E-state index is -0.332. The lowest BCUT2D eigenvalue weighted by Gasteiger charge is -2.05. The van der Waals surface area contributed by atoms with Crippen LogP contribution in [0.5, 0.6) is 0 Å². The summed E-state index contributed by atoms with van der Waals surface area (Å²) < 4.78 is 0. The quantitative estimate of drug-likeness (QED) is 0.282. The molecule has 0 heterocycles. The molecule has 0 saturated carbocycles. The van der Waals surface area contributed by atoms with Crippen molar-refractivity contribution in [3.63, 3.8) is 0 Å². The molecule has 0 aliphatic rings. The van der Waals surface area contributed by atoms with Gasteiger partial charge in [-0.05, 0) is 0 Å². The standard InChI is InChI=1S/C5H12N4O2.2C2H3NO/c1-6-4(10)8-3-9-5(11)7-2;2*1-3-2-4/h3H2,1-2H3,(H2,6,8,10)(H2,7,9,11);2*1H3. The van der Waals surface area contributed by atoms with Crippen LogP contribution in [-0.2, 0) is 9.59 Å². The van der Waals surface area contributed by atoms with Gasteiger partial charge in [-0.3, -0.25) is 0 Å². The predicted octanol–water partition coefficient (Wildman–Crippen LogP) is -1.29. The molecular formula is C9H18N6O4. The SMILES string of the molecule is CN=C=O.CN=C=O.CNC(=O)NCNC(=O)NC. The molecule has 4 N–H and O–H groups in total. The van der Waals surface area contributed by atoms with Crippen LogP contribution in [0, 0.1) is 0 Å². The van der Waals surface area contributed by atoms with E-state index in [-0.39, 0.29) is 18.7 Å². The molecule has 0 spiro atoms. The number of isocyanates is 2. The van der Waals surface area contributed by atoms with Crippen LogP contribution in [0.4, 0.5) is 9.59 Å². The van der Waals surface area contributed by atoms with E-state index in [0.717, 1.165) is 0 Å². The summed E-state index contributed by atoms with van der Waals surface area (Å²) in [4.78, 5) is 44.6.